The van der Waals surface area contributed by atoms with E-state index in [9.17, 15) is 5.11 Å². The van der Waals surface area contributed by atoms with Crippen molar-refractivity contribution in [1.29, 1.82) is 0 Å². The van der Waals surface area contributed by atoms with Gasteiger partial charge < -0.3 is 9.67 Å². The van der Waals surface area contributed by atoms with Crippen molar-refractivity contribution in [3.8, 4) is 0 Å². The third-order valence-electron chi connectivity index (χ3n) is 3.67. The van der Waals surface area contributed by atoms with Gasteiger partial charge in [0.05, 0.1) is 5.60 Å². The molecule has 1 aliphatic carbocycles. The summed E-state index contributed by atoms with van der Waals surface area (Å²) in [5.41, 5.74) is 2.30. The monoisotopic (exact) mass is 215 g/mol. The molecule has 2 aromatic rings. The van der Waals surface area contributed by atoms with Gasteiger partial charge in [-0.15, -0.1) is 0 Å². The number of aromatic nitrogens is 1. The molecule has 0 aliphatic heterocycles. The number of rotatable bonds is 3. The van der Waals surface area contributed by atoms with Gasteiger partial charge in [-0.05, 0) is 37.3 Å². The van der Waals surface area contributed by atoms with Gasteiger partial charge in [0.15, 0.2) is 0 Å². The van der Waals surface area contributed by atoms with E-state index < -0.39 is 0 Å². The number of para-hydroxylation sites is 1. The number of fused-ring (bicyclic) bond motifs is 1. The third-order valence-corrected chi connectivity index (χ3v) is 3.67. The van der Waals surface area contributed by atoms with E-state index in [0.717, 1.165) is 25.7 Å². The van der Waals surface area contributed by atoms with Crippen molar-refractivity contribution in [2.75, 3.05) is 0 Å². The molecule has 1 fully saturated rings. The highest BCUT2D eigenvalue weighted by molar-refractivity contribution is 5.83. The molecule has 3 rings (SSSR count). The first-order valence-corrected chi connectivity index (χ1v) is 5.93. The molecule has 1 aliphatic rings. The van der Waals surface area contributed by atoms with Crippen molar-refractivity contribution >= 4 is 10.9 Å². The highest BCUT2D eigenvalue weighted by Gasteiger charge is 2.39. The predicted molar refractivity (Wildman–Crippen MR) is 65.4 cm³/mol. The summed E-state index contributed by atoms with van der Waals surface area (Å²) in [6, 6.07) is 8.46. The first-order chi connectivity index (χ1) is 7.68. The highest BCUT2D eigenvalue weighted by Crippen LogP contribution is 2.39. The lowest BCUT2D eigenvalue weighted by atomic mass is 10.1. The van der Waals surface area contributed by atoms with Gasteiger partial charge in [-0.25, -0.2) is 0 Å². The van der Waals surface area contributed by atoms with Crippen LogP contribution in [0.3, 0.4) is 0 Å². The molecule has 1 heterocycles. The minimum atomic E-state index is -0.336. The van der Waals surface area contributed by atoms with Crippen molar-refractivity contribution in [1.82, 2.24) is 4.57 Å². The summed E-state index contributed by atoms with van der Waals surface area (Å²) < 4.78 is 2.17. The van der Waals surface area contributed by atoms with Gasteiger partial charge in [0.25, 0.3) is 0 Å². The Labute approximate surface area is 95.5 Å². The molecule has 0 amide bonds. The average Bonchev–Trinajstić information content (AvgIpc) is 2.94. The van der Waals surface area contributed by atoms with E-state index in [0.29, 0.717) is 0 Å². The fraction of sp³-hybridized carbons (Fsp3) is 0.429. The molecule has 0 radical (unpaired) electrons. The molecule has 16 heavy (non-hydrogen) atoms. The average molecular weight is 215 g/mol. The van der Waals surface area contributed by atoms with Crippen LogP contribution in [0.2, 0.25) is 0 Å². The molecule has 2 nitrogen and oxygen atoms in total. The highest BCUT2D eigenvalue weighted by atomic mass is 16.3. The molecule has 1 aromatic heterocycles. The Balaban J connectivity index is 1.91. The quantitative estimate of drug-likeness (QED) is 0.836. The molecule has 2 heteroatoms. The fourth-order valence-corrected chi connectivity index (χ4v) is 2.39. The van der Waals surface area contributed by atoms with E-state index in [-0.39, 0.29) is 5.60 Å². The van der Waals surface area contributed by atoms with Crippen LogP contribution in [0.4, 0.5) is 0 Å². The number of aliphatic hydroxyl groups is 1. The Kier molecular flexibility index (Phi) is 2.08. The van der Waals surface area contributed by atoms with E-state index in [4.69, 9.17) is 0 Å². The summed E-state index contributed by atoms with van der Waals surface area (Å²) in [7, 11) is 2.08. The minimum absolute atomic E-state index is 0.336. The zero-order chi connectivity index (χ0) is 11.2. The normalized spacial score (nSPS) is 17.9. The Morgan fingerprint density at radius 1 is 1.31 bits per heavy atom. The zero-order valence-corrected chi connectivity index (χ0v) is 9.61. The summed E-state index contributed by atoms with van der Waals surface area (Å²) in [5, 5.41) is 11.2. The summed E-state index contributed by atoms with van der Waals surface area (Å²) in [5.74, 6) is 0. The van der Waals surface area contributed by atoms with Gasteiger partial charge in [-0.1, -0.05) is 18.2 Å². The van der Waals surface area contributed by atoms with Crippen LogP contribution >= 0.6 is 0 Å². The number of hydrogen-bond donors (Lipinski definition) is 1. The van der Waals surface area contributed by atoms with Gasteiger partial charge in [0.1, 0.15) is 0 Å². The largest absolute Gasteiger partial charge is 0.390 e. The molecule has 0 bridgehead atoms. The van der Waals surface area contributed by atoms with Crippen LogP contribution in [-0.2, 0) is 13.5 Å². The molecule has 84 valence electrons. The lowest BCUT2D eigenvalue weighted by Gasteiger charge is -2.05. The second-order valence-electron chi connectivity index (χ2n) is 5.01. The lowest BCUT2D eigenvalue weighted by Crippen LogP contribution is -2.07. The molecule has 0 saturated heterocycles. The molecular formula is C14H17NO. The Bertz CT molecular complexity index is 523. The Morgan fingerprint density at radius 2 is 2.06 bits per heavy atom. The predicted octanol–water partition coefficient (Wildman–Crippen LogP) is 2.64. The smallest absolute Gasteiger partial charge is 0.0653 e. The first-order valence-electron chi connectivity index (χ1n) is 5.93. The van der Waals surface area contributed by atoms with Crippen molar-refractivity contribution in [2.45, 2.75) is 31.3 Å². The van der Waals surface area contributed by atoms with Crippen LogP contribution < -0.4 is 0 Å². The summed E-state index contributed by atoms with van der Waals surface area (Å²) in [6.45, 7) is 0. The van der Waals surface area contributed by atoms with Gasteiger partial charge in [-0.3, -0.25) is 0 Å². The van der Waals surface area contributed by atoms with Crippen molar-refractivity contribution in [2.24, 2.45) is 7.05 Å². The van der Waals surface area contributed by atoms with Crippen molar-refractivity contribution in [3.63, 3.8) is 0 Å². The van der Waals surface area contributed by atoms with Crippen molar-refractivity contribution < 1.29 is 5.11 Å². The minimum Gasteiger partial charge on any atom is -0.390 e. The van der Waals surface area contributed by atoms with E-state index in [1.165, 1.54) is 16.5 Å². The maximum absolute atomic E-state index is 9.86. The van der Waals surface area contributed by atoms with E-state index in [1.54, 1.807) is 0 Å². The molecule has 0 spiro atoms. The molecule has 1 N–H and O–H groups in total. The van der Waals surface area contributed by atoms with Gasteiger partial charge >= 0.3 is 0 Å². The second kappa shape index (κ2) is 3.36. The van der Waals surface area contributed by atoms with E-state index in [1.807, 2.05) is 0 Å². The molecular weight excluding hydrogens is 198 g/mol. The summed E-state index contributed by atoms with van der Waals surface area (Å²) in [4.78, 5) is 0. The Morgan fingerprint density at radius 3 is 2.81 bits per heavy atom. The molecule has 1 aromatic carbocycles. The fourth-order valence-electron chi connectivity index (χ4n) is 2.39. The van der Waals surface area contributed by atoms with Gasteiger partial charge in [0, 0.05) is 24.1 Å². The van der Waals surface area contributed by atoms with Crippen LogP contribution in [0, 0.1) is 0 Å². The zero-order valence-electron chi connectivity index (χ0n) is 9.61. The SMILES string of the molecule is Cn1cc(CCC2(O)CC2)c2ccccc21. The van der Waals surface area contributed by atoms with Gasteiger partial charge in [0.2, 0.25) is 0 Å². The van der Waals surface area contributed by atoms with Crippen LogP contribution in [0.15, 0.2) is 30.5 Å². The molecule has 1 saturated carbocycles. The molecule has 0 atom stereocenters. The third kappa shape index (κ3) is 1.63. The van der Waals surface area contributed by atoms with E-state index >= 15 is 0 Å². The number of aryl methyl sites for hydroxylation is 2. The maximum Gasteiger partial charge on any atom is 0.0653 e. The number of nitrogens with zero attached hydrogens (tertiary/aromatic N) is 1. The maximum atomic E-state index is 9.86. The number of hydrogen-bond acceptors (Lipinski definition) is 1. The standard InChI is InChI=1S/C14H17NO/c1-15-10-11(6-7-14(16)8-9-14)12-4-2-3-5-13(12)15/h2-5,10,16H,6-9H2,1H3. The number of benzene rings is 1. The molecule has 0 unspecified atom stereocenters. The second-order valence-corrected chi connectivity index (χ2v) is 5.01. The van der Waals surface area contributed by atoms with Gasteiger partial charge in [-0.2, -0.15) is 0 Å². The van der Waals surface area contributed by atoms with Crippen LogP contribution in [-0.4, -0.2) is 15.3 Å². The lowest BCUT2D eigenvalue weighted by molar-refractivity contribution is 0.140. The van der Waals surface area contributed by atoms with Crippen LogP contribution in [0.1, 0.15) is 24.8 Å². The van der Waals surface area contributed by atoms with Crippen LogP contribution in [0.5, 0.6) is 0 Å². The van der Waals surface area contributed by atoms with E-state index in [2.05, 4.69) is 42.1 Å². The van der Waals surface area contributed by atoms with Crippen LogP contribution in [0.25, 0.3) is 10.9 Å². The Hall–Kier alpha value is -1.28. The van der Waals surface area contributed by atoms with Crippen molar-refractivity contribution in [3.05, 3.63) is 36.0 Å². The topological polar surface area (TPSA) is 25.2 Å². The summed E-state index contributed by atoms with van der Waals surface area (Å²) in [6.07, 6.45) is 6.05. The summed E-state index contributed by atoms with van der Waals surface area (Å²) >= 11 is 0. The first kappa shape index (κ1) is 9.91.